The first-order valence-corrected chi connectivity index (χ1v) is 15.0. The van der Waals surface area contributed by atoms with Crippen LogP contribution in [-0.4, -0.2) is 48.2 Å². The molecule has 0 bridgehead atoms. The van der Waals surface area contributed by atoms with Gasteiger partial charge in [-0.05, 0) is 106 Å². The molecular formula is C31H34N4OS. The molecule has 2 aromatic carbocycles. The van der Waals surface area contributed by atoms with Crippen molar-refractivity contribution in [3.05, 3.63) is 65.9 Å². The van der Waals surface area contributed by atoms with Crippen molar-refractivity contribution < 1.29 is 4.21 Å². The fourth-order valence-corrected chi connectivity index (χ4v) is 7.65. The van der Waals surface area contributed by atoms with Gasteiger partial charge in [0.05, 0.1) is 16.5 Å². The average molecular weight is 511 g/mol. The van der Waals surface area contributed by atoms with E-state index in [9.17, 15) is 4.21 Å². The molecule has 5 nitrogen and oxygen atoms in total. The van der Waals surface area contributed by atoms with E-state index in [0.29, 0.717) is 10.8 Å². The zero-order valence-corrected chi connectivity index (χ0v) is 22.3. The molecule has 2 unspecified atom stereocenters. The molecule has 190 valence electrons. The number of aryl methyl sites for hydroxylation is 2. The molecule has 7 rings (SSSR count). The smallest absolute Gasteiger partial charge is 0.181 e. The maximum Gasteiger partial charge on any atom is 0.181 e. The number of pyridine rings is 1. The van der Waals surface area contributed by atoms with Gasteiger partial charge >= 0.3 is 0 Å². The molecule has 2 aliphatic carbocycles. The third-order valence-corrected chi connectivity index (χ3v) is 10.7. The quantitative estimate of drug-likeness (QED) is 0.320. The van der Waals surface area contributed by atoms with Crippen LogP contribution in [0.1, 0.15) is 56.6 Å². The van der Waals surface area contributed by atoms with Crippen LogP contribution in [0.3, 0.4) is 0 Å². The second-order valence-electron chi connectivity index (χ2n) is 11.4. The summed E-state index contributed by atoms with van der Waals surface area (Å²) in [5.74, 6) is 0. The fraction of sp³-hybridized carbons (Fsp3) is 0.419. The lowest BCUT2D eigenvalue weighted by atomic mass is 9.90. The van der Waals surface area contributed by atoms with Gasteiger partial charge in [0.25, 0.3) is 0 Å². The van der Waals surface area contributed by atoms with Gasteiger partial charge in [-0.1, -0.05) is 30.3 Å². The number of rotatable bonds is 5. The third-order valence-electron chi connectivity index (χ3n) is 8.89. The highest BCUT2D eigenvalue weighted by Crippen LogP contribution is 2.37. The van der Waals surface area contributed by atoms with Crippen LogP contribution in [0.2, 0.25) is 0 Å². The molecule has 0 spiro atoms. The Kier molecular flexibility index (Phi) is 5.78. The first-order chi connectivity index (χ1) is 18.1. The molecule has 2 aromatic heterocycles. The molecule has 37 heavy (non-hydrogen) atoms. The molecule has 3 aliphatic rings. The Bertz CT molecular complexity index is 1480. The first-order valence-electron chi connectivity index (χ1n) is 13.8. The van der Waals surface area contributed by atoms with Gasteiger partial charge in [-0.3, -0.25) is 14.2 Å². The van der Waals surface area contributed by atoms with Gasteiger partial charge in [-0.25, -0.2) is 4.98 Å². The van der Waals surface area contributed by atoms with Gasteiger partial charge in [0.15, 0.2) is 5.65 Å². The van der Waals surface area contributed by atoms with Crippen LogP contribution < -0.4 is 0 Å². The predicted octanol–water partition coefficient (Wildman–Crippen LogP) is 6.30. The minimum absolute atomic E-state index is 0.322. The van der Waals surface area contributed by atoms with Crippen molar-refractivity contribution in [3.63, 3.8) is 0 Å². The van der Waals surface area contributed by atoms with Crippen LogP contribution in [0.25, 0.3) is 33.4 Å². The van der Waals surface area contributed by atoms with Crippen molar-refractivity contribution in [1.29, 1.82) is 0 Å². The molecule has 1 N–H and O–H groups in total. The summed E-state index contributed by atoms with van der Waals surface area (Å²) in [6.45, 7) is 5.01. The number of fused-ring (bicyclic) bond motifs is 2. The number of aromatic nitrogens is 3. The van der Waals surface area contributed by atoms with E-state index in [2.05, 4.69) is 63.4 Å². The van der Waals surface area contributed by atoms with Crippen molar-refractivity contribution in [3.8, 4) is 22.4 Å². The standard InChI is InChI=1S/C31H34N4OS/c1-31(35-16-2-3-17-35)14-12-21-4-5-23(18-24(21)13-15-31)25-19-28-29(33-34-30(28)32-20-25)22-6-8-26(9-7-22)37(36)27-10-11-27/h4-9,18-20,27H,2-3,10-17H2,1H3,(H,32,33,34). The molecule has 4 aromatic rings. The highest BCUT2D eigenvalue weighted by Gasteiger charge is 2.35. The minimum atomic E-state index is -0.884. The average Bonchev–Trinajstić information content (AvgIpc) is 3.51. The fourth-order valence-electron chi connectivity index (χ4n) is 6.30. The number of hydrogen-bond donors (Lipinski definition) is 1. The highest BCUT2D eigenvalue weighted by atomic mass is 32.2. The Morgan fingerprint density at radius 1 is 0.919 bits per heavy atom. The number of benzene rings is 2. The van der Waals surface area contributed by atoms with E-state index >= 15 is 0 Å². The second kappa shape index (κ2) is 9.17. The summed E-state index contributed by atoms with van der Waals surface area (Å²) in [5, 5.41) is 9.02. The zero-order chi connectivity index (χ0) is 25.0. The molecule has 3 heterocycles. The Balaban J connectivity index is 1.17. The van der Waals surface area contributed by atoms with Crippen molar-refractivity contribution in [2.24, 2.45) is 0 Å². The number of aromatic amines is 1. The number of H-pyrrole nitrogens is 1. The van der Waals surface area contributed by atoms with E-state index in [4.69, 9.17) is 0 Å². The maximum absolute atomic E-state index is 12.5. The predicted molar refractivity (Wildman–Crippen MR) is 150 cm³/mol. The molecule has 0 amide bonds. The van der Waals surface area contributed by atoms with Gasteiger partial charge in [-0.2, -0.15) is 5.10 Å². The van der Waals surface area contributed by atoms with E-state index in [1.807, 2.05) is 18.3 Å². The molecule has 2 fully saturated rings. The number of hydrogen-bond acceptors (Lipinski definition) is 4. The number of likely N-dealkylation sites (tertiary alicyclic amines) is 1. The molecule has 1 aliphatic heterocycles. The van der Waals surface area contributed by atoms with E-state index in [1.54, 1.807) is 0 Å². The molecule has 1 saturated heterocycles. The topological polar surface area (TPSA) is 61.9 Å². The van der Waals surface area contributed by atoms with Crippen LogP contribution in [0.4, 0.5) is 0 Å². The summed E-state index contributed by atoms with van der Waals surface area (Å²) in [7, 11) is -0.884. The number of nitrogens with one attached hydrogen (secondary N) is 1. The second-order valence-corrected chi connectivity index (χ2v) is 13.1. The first kappa shape index (κ1) is 23.3. The van der Waals surface area contributed by atoms with Crippen LogP contribution in [0.5, 0.6) is 0 Å². The van der Waals surface area contributed by atoms with E-state index in [0.717, 1.165) is 58.4 Å². The summed E-state index contributed by atoms with van der Waals surface area (Å²) in [5.41, 5.74) is 8.39. The Morgan fingerprint density at radius 2 is 1.65 bits per heavy atom. The van der Waals surface area contributed by atoms with Crippen LogP contribution in [0, 0.1) is 0 Å². The Hall–Kier alpha value is -2.83. The molecular weight excluding hydrogens is 476 g/mol. The number of nitrogens with zero attached hydrogens (tertiary/aromatic N) is 3. The van der Waals surface area contributed by atoms with Crippen LogP contribution in [-0.2, 0) is 23.6 Å². The molecule has 2 atom stereocenters. The van der Waals surface area contributed by atoms with E-state index in [-0.39, 0.29) is 0 Å². The maximum atomic E-state index is 12.5. The Morgan fingerprint density at radius 3 is 2.41 bits per heavy atom. The van der Waals surface area contributed by atoms with E-state index < -0.39 is 10.8 Å². The SMILES string of the molecule is CC1(N2CCCC2)CCc2ccc(-c3cnc4n[nH]c(-c5ccc(S(=O)C6CC6)cc5)c4c3)cc2CC1. The summed E-state index contributed by atoms with van der Waals surface area (Å²) < 4.78 is 12.5. The van der Waals surface area contributed by atoms with Gasteiger partial charge in [0.2, 0.25) is 0 Å². The van der Waals surface area contributed by atoms with Gasteiger partial charge in [0.1, 0.15) is 0 Å². The summed E-state index contributed by atoms with van der Waals surface area (Å²) in [6, 6.07) is 17.3. The summed E-state index contributed by atoms with van der Waals surface area (Å²) in [4.78, 5) is 8.35. The molecule has 0 radical (unpaired) electrons. The van der Waals surface area contributed by atoms with Crippen molar-refractivity contribution >= 4 is 21.8 Å². The van der Waals surface area contributed by atoms with Crippen molar-refractivity contribution in [2.45, 2.75) is 74.0 Å². The van der Waals surface area contributed by atoms with Gasteiger partial charge in [-0.15, -0.1) is 0 Å². The monoisotopic (exact) mass is 510 g/mol. The third kappa shape index (κ3) is 4.34. The normalized spacial score (nSPS) is 23.2. The largest absolute Gasteiger partial charge is 0.298 e. The van der Waals surface area contributed by atoms with Crippen molar-refractivity contribution in [2.75, 3.05) is 13.1 Å². The highest BCUT2D eigenvalue weighted by molar-refractivity contribution is 7.86. The molecule has 1 saturated carbocycles. The summed E-state index contributed by atoms with van der Waals surface area (Å²) in [6.07, 6.45) is 11.6. The zero-order valence-electron chi connectivity index (χ0n) is 21.5. The van der Waals surface area contributed by atoms with Gasteiger partial charge in [0, 0.05) is 38.4 Å². The lowest BCUT2D eigenvalue weighted by molar-refractivity contribution is 0.118. The van der Waals surface area contributed by atoms with Crippen LogP contribution in [0.15, 0.2) is 59.6 Å². The lowest BCUT2D eigenvalue weighted by Gasteiger charge is -2.38. The van der Waals surface area contributed by atoms with Crippen LogP contribution >= 0.6 is 0 Å². The molecule has 6 heteroatoms. The lowest BCUT2D eigenvalue weighted by Crippen LogP contribution is -2.44. The van der Waals surface area contributed by atoms with E-state index in [1.165, 1.54) is 55.5 Å². The van der Waals surface area contributed by atoms with Crippen molar-refractivity contribution in [1.82, 2.24) is 20.1 Å². The minimum Gasteiger partial charge on any atom is -0.298 e. The summed E-state index contributed by atoms with van der Waals surface area (Å²) >= 11 is 0. The Labute approximate surface area is 221 Å². The van der Waals surface area contributed by atoms with Gasteiger partial charge < -0.3 is 0 Å².